The van der Waals surface area contributed by atoms with Crippen molar-refractivity contribution in [2.75, 3.05) is 5.32 Å². The van der Waals surface area contributed by atoms with Gasteiger partial charge in [-0.2, -0.15) is 13.2 Å². The summed E-state index contributed by atoms with van der Waals surface area (Å²) in [4.78, 5) is 9.66. The van der Waals surface area contributed by atoms with Gasteiger partial charge in [0, 0.05) is 18.3 Å². The van der Waals surface area contributed by atoms with E-state index in [1.807, 2.05) is 31.2 Å². The third kappa shape index (κ3) is 3.55. The first-order chi connectivity index (χ1) is 10.3. The Hall–Kier alpha value is -2.57. The van der Waals surface area contributed by atoms with Crippen LogP contribution >= 0.6 is 0 Å². The lowest BCUT2D eigenvalue weighted by Gasteiger charge is -2.12. The Morgan fingerprint density at radius 1 is 1.18 bits per heavy atom. The molecule has 0 spiro atoms. The summed E-state index contributed by atoms with van der Waals surface area (Å²) in [7, 11) is 0. The molecule has 0 heterocycles. The molecule has 116 valence electrons. The Morgan fingerprint density at radius 3 is 2.45 bits per heavy atom. The van der Waals surface area contributed by atoms with E-state index in [4.69, 9.17) is 0 Å². The molecule has 2 aromatic rings. The monoisotopic (exact) mass is 310 g/mol. The van der Waals surface area contributed by atoms with Crippen molar-refractivity contribution in [2.45, 2.75) is 19.6 Å². The van der Waals surface area contributed by atoms with Crippen LogP contribution in [0.25, 0.3) is 0 Å². The number of nitro benzene ring substituents is 1. The molecule has 0 atom stereocenters. The molecule has 7 heteroatoms. The molecule has 0 bridgehead atoms. The van der Waals surface area contributed by atoms with Gasteiger partial charge in [-0.05, 0) is 30.2 Å². The largest absolute Gasteiger partial charge is 0.423 e. The van der Waals surface area contributed by atoms with Crippen LogP contribution < -0.4 is 5.32 Å². The van der Waals surface area contributed by atoms with E-state index in [0.29, 0.717) is 6.54 Å². The smallest absolute Gasteiger partial charge is 0.381 e. The second-order valence-corrected chi connectivity index (χ2v) is 4.77. The maximum atomic E-state index is 12.9. The molecule has 22 heavy (non-hydrogen) atoms. The highest BCUT2D eigenvalue weighted by molar-refractivity contribution is 5.55. The van der Waals surface area contributed by atoms with Crippen molar-refractivity contribution in [1.29, 1.82) is 0 Å². The van der Waals surface area contributed by atoms with Crippen molar-refractivity contribution in [2.24, 2.45) is 0 Å². The molecule has 0 saturated heterocycles. The van der Waals surface area contributed by atoms with Crippen LogP contribution in [0.5, 0.6) is 0 Å². The van der Waals surface area contributed by atoms with Crippen molar-refractivity contribution >= 4 is 11.4 Å². The van der Waals surface area contributed by atoms with Gasteiger partial charge in [0.2, 0.25) is 0 Å². The highest BCUT2D eigenvalue weighted by Crippen LogP contribution is 2.37. The van der Waals surface area contributed by atoms with Gasteiger partial charge in [0.15, 0.2) is 0 Å². The van der Waals surface area contributed by atoms with E-state index in [1.165, 1.54) is 6.07 Å². The summed E-state index contributed by atoms with van der Waals surface area (Å²) in [6.07, 6.45) is -4.78. The highest BCUT2D eigenvalue weighted by atomic mass is 19.4. The fraction of sp³-hybridized carbons (Fsp3) is 0.200. The van der Waals surface area contributed by atoms with Gasteiger partial charge in [-0.25, -0.2) is 0 Å². The van der Waals surface area contributed by atoms with Gasteiger partial charge in [0.1, 0.15) is 5.56 Å². The zero-order valence-corrected chi connectivity index (χ0v) is 11.6. The number of nitrogens with one attached hydrogen (secondary N) is 1. The lowest BCUT2D eigenvalue weighted by molar-refractivity contribution is -0.388. The molecule has 2 rings (SSSR count). The fourth-order valence-corrected chi connectivity index (χ4v) is 2.04. The van der Waals surface area contributed by atoms with E-state index in [9.17, 15) is 23.3 Å². The minimum Gasteiger partial charge on any atom is -0.381 e. The van der Waals surface area contributed by atoms with E-state index in [0.717, 1.165) is 23.3 Å². The van der Waals surface area contributed by atoms with E-state index in [1.54, 1.807) is 0 Å². The molecule has 0 aliphatic rings. The second-order valence-electron chi connectivity index (χ2n) is 4.77. The minimum absolute atomic E-state index is 0.182. The fourth-order valence-electron chi connectivity index (χ4n) is 2.04. The zero-order valence-electron chi connectivity index (χ0n) is 11.6. The molecule has 4 nitrogen and oxygen atoms in total. The van der Waals surface area contributed by atoms with Crippen molar-refractivity contribution in [1.82, 2.24) is 0 Å². The van der Waals surface area contributed by atoms with Crippen LogP contribution in [-0.4, -0.2) is 4.92 Å². The summed E-state index contributed by atoms with van der Waals surface area (Å²) in [5, 5.41) is 13.5. The Morgan fingerprint density at radius 2 is 1.86 bits per heavy atom. The first kappa shape index (κ1) is 15.8. The van der Waals surface area contributed by atoms with Crippen LogP contribution in [0.1, 0.15) is 16.7 Å². The van der Waals surface area contributed by atoms with Gasteiger partial charge in [0.05, 0.1) is 4.92 Å². The normalized spacial score (nSPS) is 11.3. The number of halogens is 3. The van der Waals surface area contributed by atoms with Gasteiger partial charge in [-0.15, -0.1) is 0 Å². The maximum absolute atomic E-state index is 12.9. The van der Waals surface area contributed by atoms with Crippen LogP contribution in [0.3, 0.4) is 0 Å². The van der Waals surface area contributed by atoms with Crippen LogP contribution in [0, 0.1) is 17.0 Å². The quantitative estimate of drug-likeness (QED) is 0.666. The molecular weight excluding hydrogens is 297 g/mol. The first-order valence-electron chi connectivity index (χ1n) is 6.43. The lowest BCUT2D eigenvalue weighted by Crippen LogP contribution is -2.10. The van der Waals surface area contributed by atoms with Crippen molar-refractivity contribution < 1.29 is 18.1 Å². The summed E-state index contributed by atoms with van der Waals surface area (Å²) in [6, 6.07) is 10.4. The topological polar surface area (TPSA) is 55.2 Å². The van der Waals surface area contributed by atoms with E-state index >= 15 is 0 Å². The first-order valence-corrected chi connectivity index (χ1v) is 6.43. The summed E-state index contributed by atoms with van der Waals surface area (Å²) >= 11 is 0. The molecule has 0 saturated carbocycles. The van der Waals surface area contributed by atoms with E-state index < -0.39 is 22.4 Å². The van der Waals surface area contributed by atoms with E-state index in [-0.39, 0.29) is 5.69 Å². The molecule has 0 fully saturated rings. The average Bonchev–Trinajstić information content (AvgIpc) is 2.45. The predicted octanol–water partition coefficient (Wildman–Crippen LogP) is 4.53. The lowest BCUT2D eigenvalue weighted by atomic mass is 10.1. The maximum Gasteiger partial charge on any atom is 0.423 e. The van der Waals surface area contributed by atoms with Gasteiger partial charge >= 0.3 is 6.18 Å². The number of hydrogen-bond donors (Lipinski definition) is 1. The Labute approximate surface area is 124 Å². The Bertz CT molecular complexity index is 699. The van der Waals surface area contributed by atoms with Crippen molar-refractivity contribution in [3.8, 4) is 0 Å². The van der Waals surface area contributed by atoms with Crippen LogP contribution in [-0.2, 0) is 12.7 Å². The SMILES string of the molecule is Cc1ccccc1CNc1ccc([N+](=O)[O-])c(C(F)(F)F)c1. The molecule has 1 N–H and O–H groups in total. The minimum atomic E-state index is -4.78. The zero-order chi connectivity index (χ0) is 16.3. The molecule has 0 aromatic heterocycles. The summed E-state index contributed by atoms with van der Waals surface area (Å²) < 4.78 is 38.7. The number of hydrogen-bond acceptors (Lipinski definition) is 3. The van der Waals surface area contributed by atoms with Crippen molar-refractivity contribution in [3.05, 3.63) is 69.3 Å². The number of alkyl halides is 3. The summed E-state index contributed by atoms with van der Waals surface area (Å²) in [5.41, 5.74) is -0.0789. The predicted molar refractivity (Wildman–Crippen MR) is 76.6 cm³/mol. The van der Waals surface area contributed by atoms with Crippen LogP contribution in [0.2, 0.25) is 0 Å². The number of anilines is 1. The number of nitrogens with zero attached hydrogens (tertiary/aromatic N) is 1. The Balaban J connectivity index is 2.26. The third-order valence-corrected chi connectivity index (χ3v) is 3.24. The molecular formula is C15H13F3N2O2. The van der Waals surface area contributed by atoms with Crippen molar-refractivity contribution in [3.63, 3.8) is 0 Å². The van der Waals surface area contributed by atoms with E-state index in [2.05, 4.69) is 5.32 Å². The molecule has 0 aliphatic heterocycles. The number of aryl methyl sites for hydroxylation is 1. The Kier molecular flexibility index (Phi) is 4.35. The molecule has 0 unspecified atom stereocenters. The highest BCUT2D eigenvalue weighted by Gasteiger charge is 2.38. The molecule has 0 radical (unpaired) electrons. The third-order valence-electron chi connectivity index (χ3n) is 3.24. The number of rotatable bonds is 4. The second kappa shape index (κ2) is 6.05. The summed E-state index contributed by atoms with van der Waals surface area (Å²) in [6.45, 7) is 2.23. The summed E-state index contributed by atoms with van der Waals surface area (Å²) in [5.74, 6) is 0. The van der Waals surface area contributed by atoms with Crippen LogP contribution in [0.15, 0.2) is 42.5 Å². The molecule has 0 aliphatic carbocycles. The van der Waals surface area contributed by atoms with Gasteiger partial charge in [0.25, 0.3) is 5.69 Å². The van der Waals surface area contributed by atoms with Crippen LogP contribution in [0.4, 0.5) is 24.5 Å². The molecule has 0 amide bonds. The van der Waals surface area contributed by atoms with Gasteiger partial charge < -0.3 is 5.32 Å². The average molecular weight is 310 g/mol. The van der Waals surface area contributed by atoms with Gasteiger partial charge in [-0.3, -0.25) is 10.1 Å². The van der Waals surface area contributed by atoms with Gasteiger partial charge in [-0.1, -0.05) is 24.3 Å². The standard InChI is InChI=1S/C15H13F3N2O2/c1-10-4-2-3-5-11(10)9-19-12-6-7-14(20(21)22)13(8-12)15(16,17)18/h2-8,19H,9H2,1H3. The number of benzene rings is 2. The molecule has 2 aromatic carbocycles. The number of nitro groups is 1.